The van der Waals surface area contributed by atoms with Crippen LogP contribution >= 0.6 is 0 Å². The highest BCUT2D eigenvalue weighted by molar-refractivity contribution is 5.90. The average molecular weight is 153 g/mol. The van der Waals surface area contributed by atoms with E-state index < -0.39 is 5.91 Å². The molecule has 0 aliphatic heterocycles. The molecule has 0 spiro atoms. The van der Waals surface area contributed by atoms with Crippen molar-refractivity contribution in [2.24, 2.45) is 5.73 Å². The minimum atomic E-state index is -0.472. The van der Waals surface area contributed by atoms with Crippen LogP contribution in [-0.4, -0.2) is 15.5 Å². The number of imidazole rings is 1. The fraction of sp³-hybridized carbons (Fsp3) is 0.429. The first-order valence-electron chi connectivity index (χ1n) is 3.55. The maximum atomic E-state index is 10.6. The van der Waals surface area contributed by atoms with E-state index in [0.29, 0.717) is 5.69 Å². The molecule has 11 heavy (non-hydrogen) atoms. The van der Waals surface area contributed by atoms with Gasteiger partial charge in [0.25, 0.3) is 5.91 Å². The number of nitrogens with two attached hydrogens (primary N) is 1. The molecule has 2 N–H and O–H groups in total. The van der Waals surface area contributed by atoms with Crippen LogP contribution < -0.4 is 5.73 Å². The third-order valence-electron chi connectivity index (χ3n) is 1.37. The number of aromatic nitrogens is 2. The number of aryl methyl sites for hydroxylation is 1. The summed E-state index contributed by atoms with van der Waals surface area (Å²) in [6.07, 6.45) is 4.30. The molecule has 1 aromatic heterocycles. The van der Waals surface area contributed by atoms with Gasteiger partial charge in [0.2, 0.25) is 0 Å². The summed E-state index contributed by atoms with van der Waals surface area (Å²) >= 11 is 0. The number of carbonyl (C=O) groups excluding carboxylic acids is 1. The summed E-state index contributed by atoms with van der Waals surface area (Å²) in [6, 6.07) is 0. The van der Waals surface area contributed by atoms with Crippen molar-refractivity contribution in [1.82, 2.24) is 9.55 Å². The van der Waals surface area contributed by atoms with Crippen LogP contribution in [0.2, 0.25) is 0 Å². The van der Waals surface area contributed by atoms with Crippen molar-refractivity contribution in [3.8, 4) is 0 Å². The van der Waals surface area contributed by atoms with Gasteiger partial charge in [-0.15, -0.1) is 0 Å². The van der Waals surface area contributed by atoms with Crippen LogP contribution in [-0.2, 0) is 6.54 Å². The number of amides is 1. The summed E-state index contributed by atoms with van der Waals surface area (Å²) in [5.41, 5.74) is 5.34. The van der Waals surface area contributed by atoms with Gasteiger partial charge in [0, 0.05) is 12.7 Å². The number of rotatable bonds is 3. The van der Waals surface area contributed by atoms with Crippen LogP contribution in [0.1, 0.15) is 23.8 Å². The van der Waals surface area contributed by atoms with Crippen LogP contribution in [0.5, 0.6) is 0 Å². The average Bonchev–Trinajstić information content (AvgIpc) is 2.37. The fourth-order valence-electron chi connectivity index (χ4n) is 0.868. The molecule has 1 heterocycles. The van der Waals surface area contributed by atoms with Gasteiger partial charge in [0.05, 0.1) is 6.33 Å². The van der Waals surface area contributed by atoms with E-state index >= 15 is 0 Å². The van der Waals surface area contributed by atoms with Crippen molar-refractivity contribution >= 4 is 5.91 Å². The van der Waals surface area contributed by atoms with Crippen molar-refractivity contribution in [2.45, 2.75) is 19.9 Å². The largest absolute Gasteiger partial charge is 0.364 e. The summed E-state index contributed by atoms with van der Waals surface area (Å²) < 4.78 is 1.85. The molecule has 1 rings (SSSR count). The Bertz CT molecular complexity index is 254. The molecular formula is C7H11N3O. The Hall–Kier alpha value is -1.32. The molecule has 0 aliphatic rings. The van der Waals surface area contributed by atoms with E-state index in [2.05, 4.69) is 11.9 Å². The Kier molecular flexibility index (Phi) is 2.25. The summed E-state index contributed by atoms with van der Waals surface area (Å²) in [6.45, 7) is 2.93. The zero-order valence-corrected chi connectivity index (χ0v) is 6.45. The zero-order valence-electron chi connectivity index (χ0n) is 6.45. The van der Waals surface area contributed by atoms with Gasteiger partial charge < -0.3 is 10.3 Å². The summed E-state index contributed by atoms with van der Waals surface area (Å²) in [5.74, 6) is -0.472. The highest BCUT2D eigenvalue weighted by Gasteiger charge is 2.02. The van der Waals surface area contributed by atoms with Gasteiger partial charge in [-0.2, -0.15) is 0 Å². The molecule has 0 radical (unpaired) electrons. The van der Waals surface area contributed by atoms with Crippen molar-refractivity contribution < 1.29 is 4.79 Å². The quantitative estimate of drug-likeness (QED) is 0.682. The van der Waals surface area contributed by atoms with Gasteiger partial charge in [0.15, 0.2) is 0 Å². The SMILES string of the molecule is CCCn1cnc(C(N)=O)c1. The fourth-order valence-corrected chi connectivity index (χ4v) is 0.868. The molecule has 0 bridgehead atoms. The number of carbonyl (C=O) groups is 1. The summed E-state index contributed by atoms with van der Waals surface area (Å²) in [5, 5.41) is 0. The minimum Gasteiger partial charge on any atom is -0.364 e. The lowest BCUT2D eigenvalue weighted by Crippen LogP contribution is -2.11. The van der Waals surface area contributed by atoms with Crippen molar-refractivity contribution in [3.05, 3.63) is 18.2 Å². The smallest absolute Gasteiger partial charge is 0.268 e. The van der Waals surface area contributed by atoms with Gasteiger partial charge in [-0.1, -0.05) is 6.92 Å². The number of hydrogen-bond donors (Lipinski definition) is 1. The normalized spacial score (nSPS) is 9.91. The first-order valence-corrected chi connectivity index (χ1v) is 3.55. The Balaban J connectivity index is 2.73. The standard InChI is InChI=1S/C7H11N3O/c1-2-3-10-4-6(7(8)11)9-5-10/h4-5H,2-3H2,1H3,(H2,8,11). The maximum absolute atomic E-state index is 10.6. The van der Waals surface area contributed by atoms with E-state index in [-0.39, 0.29) is 0 Å². The van der Waals surface area contributed by atoms with E-state index in [1.165, 1.54) is 0 Å². The molecule has 0 unspecified atom stereocenters. The molecule has 60 valence electrons. The van der Waals surface area contributed by atoms with Gasteiger partial charge in [0.1, 0.15) is 5.69 Å². The molecule has 0 fully saturated rings. The molecule has 1 amide bonds. The van der Waals surface area contributed by atoms with Crippen LogP contribution in [0.4, 0.5) is 0 Å². The first-order chi connectivity index (χ1) is 5.24. The minimum absolute atomic E-state index is 0.332. The third-order valence-corrected chi connectivity index (χ3v) is 1.37. The van der Waals surface area contributed by atoms with Crippen molar-refractivity contribution in [3.63, 3.8) is 0 Å². The third kappa shape index (κ3) is 1.80. The van der Waals surface area contributed by atoms with E-state index in [9.17, 15) is 4.79 Å². The van der Waals surface area contributed by atoms with E-state index in [4.69, 9.17) is 5.73 Å². The molecule has 1 aromatic rings. The monoisotopic (exact) mass is 153 g/mol. The van der Waals surface area contributed by atoms with Crippen LogP contribution in [0.3, 0.4) is 0 Å². The maximum Gasteiger partial charge on any atom is 0.268 e. The lowest BCUT2D eigenvalue weighted by atomic mass is 10.4. The second-order valence-corrected chi connectivity index (χ2v) is 2.36. The van der Waals surface area contributed by atoms with Gasteiger partial charge in [-0.05, 0) is 6.42 Å². The molecular weight excluding hydrogens is 142 g/mol. The van der Waals surface area contributed by atoms with Crippen LogP contribution in [0.15, 0.2) is 12.5 Å². The second kappa shape index (κ2) is 3.18. The molecule has 4 heteroatoms. The molecule has 0 atom stereocenters. The Morgan fingerprint density at radius 1 is 1.82 bits per heavy atom. The van der Waals surface area contributed by atoms with E-state index in [1.807, 2.05) is 4.57 Å². The zero-order chi connectivity index (χ0) is 8.27. The molecule has 0 saturated heterocycles. The van der Waals surface area contributed by atoms with Gasteiger partial charge in [-0.3, -0.25) is 4.79 Å². The van der Waals surface area contributed by atoms with E-state index in [0.717, 1.165) is 13.0 Å². The summed E-state index contributed by atoms with van der Waals surface area (Å²) in [4.78, 5) is 14.4. The Morgan fingerprint density at radius 3 is 3.00 bits per heavy atom. The Labute approximate surface area is 65.0 Å². The Morgan fingerprint density at radius 2 is 2.55 bits per heavy atom. The molecule has 0 aromatic carbocycles. The van der Waals surface area contributed by atoms with Crippen molar-refractivity contribution in [1.29, 1.82) is 0 Å². The van der Waals surface area contributed by atoms with Crippen LogP contribution in [0.25, 0.3) is 0 Å². The lowest BCUT2D eigenvalue weighted by Gasteiger charge is -1.94. The molecule has 0 saturated carbocycles. The number of nitrogens with zero attached hydrogens (tertiary/aromatic N) is 2. The molecule has 4 nitrogen and oxygen atoms in total. The lowest BCUT2D eigenvalue weighted by molar-refractivity contribution is 0.0996. The molecule has 0 aliphatic carbocycles. The number of primary amides is 1. The van der Waals surface area contributed by atoms with E-state index in [1.54, 1.807) is 12.5 Å². The topological polar surface area (TPSA) is 60.9 Å². The first kappa shape index (κ1) is 7.78. The van der Waals surface area contributed by atoms with Crippen LogP contribution in [0, 0.1) is 0 Å². The second-order valence-electron chi connectivity index (χ2n) is 2.36. The summed E-state index contributed by atoms with van der Waals surface area (Å²) in [7, 11) is 0. The van der Waals surface area contributed by atoms with Crippen molar-refractivity contribution in [2.75, 3.05) is 0 Å². The number of hydrogen-bond acceptors (Lipinski definition) is 2. The highest BCUT2D eigenvalue weighted by Crippen LogP contribution is 1.95. The highest BCUT2D eigenvalue weighted by atomic mass is 16.1. The van der Waals surface area contributed by atoms with Gasteiger partial charge in [-0.25, -0.2) is 4.98 Å². The predicted molar refractivity (Wildman–Crippen MR) is 41.0 cm³/mol. The predicted octanol–water partition coefficient (Wildman–Crippen LogP) is 0.392. The van der Waals surface area contributed by atoms with Gasteiger partial charge >= 0.3 is 0 Å².